The second kappa shape index (κ2) is 8.36. The summed E-state index contributed by atoms with van der Waals surface area (Å²) in [6.07, 6.45) is 2.52. The molecule has 0 radical (unpaired) electrons. The molecule has 3 heterocycles. The van der Waals surface area contributed by atoms with Crippen LogP contribution in [0.3, 0.4) is 0 Å². The molecule has 2 N–H and O–H groups in total. The van der Waals surface area contributed by atoms with Crippen molar-refractivity contribution in [2.45, 2.75) is 13.3 Å². The number of hydrogen-bond acceptors (Lipinski definition) is 7. The number of amides is 1. The van der Waals surface area contributed by atoms with Gasteiger partial charge in [-0.15, -0.1) is 0 Å². The molecule has 0 unspecified atom stereocenters. The van der Waals surface area contributed by atoms with Gasteiger partial charge >= 0.3 is 0 Å². The van der Waals surface area contributed by atoms with Gasteiger partial charge in [0.05, 0.1) is 21.5 Å². The van der Waals surface area contributed by atoms with E-state index in [9.17, 15) is 14.9 Å². The topological polar surface area (TPSA) is 120 Å². The summed E-state index contributed by atoms with van der Waals surface area (Å²) in [5.74, 6) is 1.43. The molecule has 4 rings (SSSR count). The Bertz CT molecular complexity index is 1060. The number of benzene rings is 1. The number of nitro benzene ring substituents is 1. The van der Waals surface area contributed by atoms with Crippen LogP contribution in [0.4, 0.5) is 17.5 Å². The monoisotopic (exact) mass is 409 g/mol. The van der Waals surface area contributed by atoms with Crippen molar-refractivity contribution in [1.82, 2.24) is 20.3 Å². The Morgan fingerprint density at radius 2 is 2.00 bits per heavy atom. The number of imidazole rings is 1. The number of fused-ring (bicyclic) bond motifs is 1. The number of carbonyl (C=O) groups is 1. The number of aromatic amines is 1. The molecule has 0 bridgehead atoms. The summed E-state index contributed by atoms with van der Waals surface area (Å²) in [7, 11) is 0. The van der Waals surface area contributed by atoms with Crippen molar-refractivity contribution in [3.8, 4) is 0 Å². The molecule has 1 aromatic carbocycles. The Kier molecular flexibility index (Phi) is 5.46. The van der Waals surface area contributed by atoms with Crippen molar-refractivity contribution in [3.05, 3.63) is 52.2 Å². The molecule has 1 aliphatic rings. The highest BCUT2D eigenvalue weighted by Gasteiger charge is 2.19. The van der Waals surface area contributed by atoms with Gasteiger partial charge in [0.2, 0.25) is 5.95 Å². The zero-order valence-corrected chi connectivity index (χ0v) is 16.7. The molecule has 0 aliphatic carbocycles. The van der Waals surface area contributed by atoms with Gasteiger partial charge in [0.25, 0.3) is 11.6 Å². The summed E-state index contributed by atoms with van der Waals surface area (Å²) in [5, 5.41) is 13.8. The van der Waals surface area contributed by atoms with Gasteiger partial charge in [-0.25, -0.2) is 9.97 Å². The largest absolute Gasteiger partial charge is 0.355 e. The molecular weight excluding hydrogens is 386 g/mol. The molecule has 156 valence electrons. The van der Waals surface area contributed by atoms with Gasteiger partial charge in [-0.05, 0) is 31.5 Å². The fourth-order valence-corrected chi connectivity index (χ4v) is 3.58. The number of anilines is 2. The molecule has 30 heavy (non-hydrogen) atoms. The average Bonchev–Trinajstić information content (AvgIpc) is 3.02. The number of non-ortho nitro benzene ring substituents is 1. The molecule has 0 atom stereocenters. The highest BCUT2D eigenvalue weighted by atomic mass is 16.6. The van der Waals surface area contributed by atoms with Crippen molar-refractivity contribution in [3.63, 3.8) is 0 Å². The normalized spacial score (nSPS) is 14.6. The van der Waals surface area contributed by atoms with E-state index >= 15 is 0 Å². The lowest BCUT2D eigenvalue weighted by atomic mass is 10.2. The number of aromatic nitrogens is 3. The number of hydrogen-bond donors (Lipinski definition) is 2. The van der Waals surface area contributed by atoms with Crippen LogP contribution in [-0.2, 0) is 0 Å². The van der Waals surface area contributed by atoms with E-state index in [0.29, 0.717) is 29.1 Å². The van der Waals surface area contributed by atoms with Crippen molar-refractivity contribution in [2.24, 2.45) is 0 Å². The Morgan fingerprint density at radius 1 is 1.20 bits per heavy atom. The van der Waals surface area contributed by atoms with Crippen molar-refractivity contribution in [2.75, 3.05) is 42.5 Å². The maximum atomic E-state index is 11.9. The summed E-state index contributed by atoms with van der Waals surface area (Å²) in [5.41, 5.74) is 1.96. The van der Waals surface area contributed by atoms with Gasteiger partial charge in [-0.3, -0.25) is 14.9 Å². The first-order valence-electron chi connectivity index (χ1n) is 9.93. The van der Waals surface area contributed by atoms with E-state index in [1.54, 1.807) is 18.3 Å². The van der Waals surface area contributed by atoms with Gasteiger partial charge < -0.3 is 20.1 Å². The molecule has 0 saturated carbocycles. The van der Waals surface area contributed by atoms with Crippen LogP contribution < -0.4 is 15.1 Å². The summed E-state index contributed by atoms with van der Waals surface area (Å²) in [6.45, 7) is 5.61. The fraction of sp³-hybridized carbons (Fsp3) is 0.350. The second-order valence-electron chi connectivity index (χ2n) is 7.11. The number of rotatable bonds is 5. The third kappa shape index (κ3) is 4.02. The SMILES string of the molecule is CCNC(=O)c1ccc(N2CCCN(c3nc4ccc([N+](=O)[O-])cc4[nH]3)CC2)nc1. The van der Waals surface area contributed by atoms with E-state index in [1.165, 1.54) is 12.1 Å². The minimum Gasteiger partial charge on any atom is -0.355 e. The number of nitrogens with one attached hydrogen (secondary N) is 2. The van der Waals surface area contributed by atoms with Gasteiger partial charge in [0.15, 0.2) is 0 Å². The highest BCUT2D eigenvalue weighted by molar-refractivity contribution is 5.94. The molecule has 1 amide bonds. The van der Waals surface area contributed by atoms with Crippen molar-refractivity contribution in [1.29, 1.82) is 0 Å². The van der Waals surface area contributed by atoms with Crippen molar-refractivity contribution < 1.29 is 9.72 Å². The Labute approximate surface area is 173 Å². The smallest absolute Gasteiger partial charge is 0.271 e. The maximum absolute atomic E-state index is 11.9. The van der Waals surface area contributed by atoms with Crippen LogP contribution in [0.25, 0.3) is 11.0 Å². The number of H-pyrrole nitrogens is 1. The van der Waals surface area contributed by atoms with Crippen LogP contribution in [-0.4, -0.2) is 58.5 Å². The first kappa shape index (κ1) is 19.6. The van der Waals surface area contributed by atoms with E-state index in [2.05, 4.69) is 30.1 Å². The maximum Gasteiger partial charge on any atom is 0.271 e. The average molecular weight is 409 g/mol. The molecule has 1 aliphatic heterocycles. The standard InChI is InChI=1S/C20H23N7O3/c1-2-21-19(28)14-4-7-18(22-13-14)25-8-3-9-26(11-10-25)20-23-16-6-5-15(27(29)30)12-17(16)24-20/h4-7,12-13H,2-3,8-11H2,1H3,(H,21,28)(H,23,24). The van der Waals surface area contributed by atoms with Gasteiger partial charge in [0.1, 0.15) is 5.82 Å². The van der Waals surface area contributed by atoms with Gasteiger partial charge in [-0.1, -0.05) is 0 Å². The van der Waals surface area contributed by atoms with Crippen LogP contribution in [0.2, 0.25) is 0 Å². The third-order valence-electron chi connectivity index (χ3n) is 5.13. The number of carbonyl (C=O) groups excluding carboxylic acids is 1. The summed E-state index contributed by atoms with van der Waals surface area (Å²) in [4.78, 5) is 39.1. The number of nitrogens with zero attached hydrogens (tertiary/aromatic N) is 5. The third-order valence-corrected chi connectivity index (χ3v) is 5.13. The Balaban J connectivity index is 1.45. The predicted octanol–water partition coefficient (Wildman–Crippen LogP) is 2.33. The fourth-order valence-electron chi connectivity index (χ4n) is 3.58. The van der Waals surface area contributed by atoms with Crippen LogP contribution >= 0.6 is 0 Å². The molecule has 0 spiro atoms. The first-order valence-corrected chi connectivity index (χ1v) is 9.93. The minimum absolute atomic E-state index is 0.0434. The van der Waals surface area contributed by atoms with Crippen LogP contribution in [0.1, 0.15) is 23.7 Å². The lowest BCUT2D eigenvalue weighted by Crippen LogP contribution is -2.31. The Hall–Kier alpha value is -3.69. The van der Waals surface area contributed by atoms with E-state index in [0.717, 1.165) is 38.4 Å². The lowest BCUT2D eigenvalue weighted by molar-refractivity contribution is -0.384. The van der Waals surface area contributed by atoms with E-state index in [1.807, 2.05) is 13.0 Å². The lowest BCUT2D eigenvalue weighted by Gasteiger charge is -2.22. The first-order chi connectivity index (χ1) is 14.5. The quantitative estimate of drug-likeness (QED) is 0.490. The van der Waals surface area contributed by atoms with E-state index in [-0.39, 0.29) is 11.6 Å². The number of nitro groups is 1. The molecule has 1 saturated heterocycles. The van der Waals surface area contributed by atoms with Gasteiger partial charge in [0, 0.05) is 51.1 Å². The molecule has 10 nitrogen and oxygen atoms in total. The van der Waals surface area contributed by atoms with Crippen LogP contribution in [0.5, 0.6) is 0 Å². The molecule has 2 aromatic heterocycles. The highest BCUT2D eigenvalue weighted by Crippen LogP contribution is 2.23. The van der Waals surface area contributed by atoms with Crippen molar-refractivity contribution >= 4 is 34.4 Å². The zero-order valence-electron chi connectivity index (χ0n) is 16.7. The van der Waals surface area contributed by atoms with E-state index in [4.69, 9.17) is 0 Å². The van der Waals surface area contributed by atoms with E-state index < -0.39 is 4.92 Å². The van der Waals surface area contributed by atoms with Gasteiger partial charge in [-0.2, -0.15) is 0 Å². The molecule has 3 aromatic rings. The number of pyridine rings is 1. The molecule has 1 fully saturated rings. The predicted molar refractivity (Wildman–Crippen MR) is 114 cm³/mol. The summed E-state index contributed by atoms with van der Waals surface area (Å²) in [6, 6.07) is 8.31. The molecule has 10 heteroatoms. The summed E-state index contributed by atoms with van der Waals surface area (Å²) >= 11 is 0. The zero-order chi connectivity index (χ0) is 21.1. The second-order valence-corrected chi connectivity index (χ2v) is 7.11. The summed E-state index contributed by atoms with van der Waals surface area (Å²) < 4.78 is 0. The molecular formula is C20H23N7O3. The Morgan fingerprint density at radius 3 is 2.73 bits per heavy atom. The van der Waals surface area contributed by atoms with Crippen LogP contribution in [0.15, 0.2) is 36.5 Å². The minimum atomic E-state index is -0.409. The van der Waals surface area contributed by atoms with Crippen LogP contribution in [0, 0.1) is 10.1 Å².